The second kappa shape index (κ2) is 3.84. The summed E-state index contributed by atoms with van der Waals surface area (Å²) in [5.41, 5.74) is 0.799. The highest BCUT2D eigenvalue weighted by Gasteiger charge is 2.13. The van der Waals surface area contributed by atoms with Crippen LogP contribution in [0.1, 0.15) is 5.69 Å². The molecule has 0 fully saturated rings. The summed E-state index contributed by atoms with van der Waals surface area (Å²) in [6.07, 6.45) is 0. The molecule has 0 unspecified atom stereocenters. The number of aliphatic hydroxyl groups is 1. The van der Waals surface area contributed by atoms with Crippen molar-refractivity contribution in [2.45, 2.75) is 6.61 Å². The highest BCUT2D eigenvalue weighted by Crippen LogP contribution is 2.27. The molecular formula is C9H9BrN2OS. The average molecular weight is 273 g/mol. The maximum absolute atomic E-state index is 9.12. The minimum atomic E-state index is -0.00451. The number of hydrogen-bond donors (Lipinski definition) is 1. The van der Waals surface area contributed by atoms with Crippen molar-refractivity contribution in [2.75, 3.05) is 0 Å². The first-order valence-corrected chi connectivity index (χ1v) is 5.77. The number of thiophene rings is 1. The van der Waals surface area contributed by atoms with E-state index in [-0.39, 0.29) is 6.61 Å². The molecule has 0 saturated heterocycles. The van der Waals surface area contributed by atoms with Crippen LogP contribution in [0.15, 0.2) is 22.1 Å². The van der Waals surface area contributed by atoms with E-state index >= 15 is 0 Å². The molecule has 2 aromatic rings. The number of aromatic nitrogens is 2. The Balaban J connectivity index is 2.55. The summed E-state index contributed by atoms with van der Waals surface area (Å²) in [5.74, 6) is 0.885. The lowest BCUT2D eigenvalue weighted by Gasteiger charge is -2.01. The van der Waals surface area contributed by atoms with Crippen molar-refractivity contribution in [3.63, 3.8) is 0 Å². The van der Waals surface area contributed by atoms with Gasteiger partial charge in [-0.25, -0.2) is 4.98 Å². The van der Waals surface area contributed by atoms with Crippen LogP contribution in [0.2, 0.25) is 0 Å². The Morgan fingerprint density at radius 1 is 1.64 bits per heavy atom. The number of rotatable bonds is 2. The third-order valence-electron chi connectivity index (χ3n) is 2.06. The van der Waals surface area contributed by atoms with Crippen LogP contribution in [0.3, 0.4) is 0 Å². The second-order valence-electron chi connectivity index (χ2n) is 2.87. The third kappa shape index (κ3) is 1.51. The minimum Gasteiger partial charge on any atom is -0.390 e. The number of nitrogens with zero attached hydrogens (tertiary/aromatic N) is 2. The molecule has 2 rings (SSSR count). The fraction of sp³-hybridized carbons (Fsp3) is 0.222. The Kier molecular flexibility index (Phi) is 2.71. The van der Waals surface area contributed by atoms with E-state index in [4.69, 9.17) is 5.11 Å². The topological polar surface area (TPSA) is 38.0 Å². The lowest BCUT2D eigenvalue weighted by molar-refractivity contribution is 0.272. The molecule has 5 heteroatoms. The molecule has 74 valence electrons. The molecule has 0 atom stereocenters. The normalized spacial score (nSPS) is 10.8. The molecule has 0 amide bonds. The summed E-state index contributed by atoms with van der Waals surface area (Å²) >= 11 is 4.96. The number of hydrogen-bond acceptors (Lipinski definition) is 3. The van der Waals surface area contributed by atoms with Gasteiger partial charge in [-0.05, 0) is 27.4 Å². The van der Waals surface area contributed by atoms with Gasteiger partial charge in [-0.15, -0.1) is 11.3 Å². The molecule has 3 nitrogen and oxygen atoms in total. The summed E-state index contributed by atoms with van der Waals surface area (Å²) < 4.78 is 2.61. The monoisotopic (exact) mass is 272 g/mol. The van der Waals surface area contributed by atoms with E-state index in [1.807, 2.05) is 29.1 Å². The lowest BCUT2D eigenvalue weighted by atomic mass is 10.4. The summed E-state index contributed by atoms with van der Waals surface area (Å²) in [6, 6.07) is 4.00. The zero-order valence-electron chi connectivity index (χ0n) is 7.57. The van der Waals surface area contributed by atoms with Gasteiger partial charge in [-0.3, -0.25) is 0 Å². The molecule has 0 spiro atoms. The predicted molar refractivity (Wildman–Crippen MR) is 60.1 cm³/mol. The molecule has 0 radical (unpaired) electrons. The van der Waals surface area contributed by atoms with E-state index in [0.717, 1.165) is 16.4 Å². The van der Waals surface area contributed by atoms with Crippen molar-refractivity contribution in [3.8, 4) is 10.7 Å². The van der Waals surface area contributed by atoms with Gasteiger partial charge in [-0.1, -0.05) is 6.07 Å². The predicted octanol–water partition coefficient (Wildman–Crippen LogP) is 2.40. The number of halogens is 1. The standard InChI is InChI=1S/C9H9BrN2OS/c1-12-6(5-13)8(10)11-9(12)7-3-2-4-14-7/h2-4,13H,5H2,1H3. The minimum absolute atomic E-state index is 0.00451. The summed E-state index contributed by atoms with van der Waals surface area (Å²) in [6.45, 7) is -0.00451. The Labute approximate surface area is 94.2 Å². The highest BCUT2D eigenvalue weighted by atomic mass is 79.9. The fourth-order valence-electron chi connectivity index (χ4n) is 1.30. The maximum atomic E-state index is 9.12. The number of imidazole rings is 1. The van der Waals surface area contributed by atoms with Gasteiger partial charge >= 0.3 is 0 Å². The third-order valence-corrected chi connectivity index (χ3v) is 3.56. The van der Waals surface area contributed by atoms with E-state index in [1.54, 1.807) is 11.3 Å². The van der Waals surface area contributed by atoms with Crippen LogP contribution < -0.4 is 0 Å². The molecule has 0 aliphatic heterocycles. The zero-order chi connectivity index (χ0) is 10.1. The van der Waals surface area contributed by atoms with E-state index in [0.29, 0.717) is 4.60 Å². The van der Waals surface area contributed by atoms with Gasteiger partial charge in [0, 0.05) is 7.05 Å². The number of aliphatic hydroxyl groups excluding tert-OH is 1. The van der Waals surface area contributed by atoms with Crippen LogP contribution in [0, 0.1) is 0 Å². The van der Waals surface area contributed by atoms with Crippen molar-refractivity contribution >= 4 is 27.3 Å². The van der Waals surface area contributed by atoms with Gasteiger partial charge in [0.05, 0.1) is 17.2 Å². The van der Waals surface area contributed by atoms with Gasteiger partial charge in [0.2, 0.25) is 0 Å². The van der Waals surface area contributed by atoms with Crippen LogP contribution in [0.25, 0.3) is 10.7 Å². The molecule has 0 saturated carbocycles. The quantitative estimate of drug-likeness (QED) is 0.912. The van der Waals surface area contributed by atoms with Gasteiger partial charge in [0.15, 0.2) is 5.82 Å². The van der Waals surface area contributed by atoms with E-state index in [1.165, 1.54) is 0 Å². The van der Waals surface area contributed by atoms with Gasteiger partial charge in [0.1, 0.15) is 4.60 Å². The molecule has 14 heavy (non-hydrogen) atoms. The molecule has 2 aromatic heterocycles. The summed E-state index contributed by atoms with van der Waals surface area (Å²) in [4.78, 5) is 5.46. The Morgan fingerprint density at radius 2 is 2.43 bits per heavy atom. The fourth-order valence-corrected chi connectivity index (χ4v) is 2.60. The van der Waals surface area contributed by atoms with Crippen molar-refractivity contribution in [3.05, 3.63) is 27.8 Å². The molecule has 1 N–H and O–H groups in total. The van der Waals surface area contributed by atoms with Crippen LogP contribution in [0.4, 0.5) is 0 Å². The van der Waals surface area contributed by atoms with E-state index in [2.05, 4.69) is 20.9 Å². The molecule has 0 aromatic carbocycles. The van der Waals surface area contributed by atoms with Crippen molar-refractivity contribution in [1.82, 2.24) is 9.55 Å². The summed E-state index contributed by atoms with van der Waals surface area (Å²) in [7, 11) is 1.90. The first kappa shape index (κ1) is 9.89. The van der Waals surface area contributed by atoms with Gasteiger partial charge in [0.25, 0.3) is 0 Å². The Morgan fingerprint density at radius 3 is 2.93 bits per heavy atom. The Bertz CT molecular complexity index is 436. The smallest absolute Gasteiger partial charge is 0.151 e. The second-order valence-corrected chi connectivity index (χ2v) is 4.57. The van der Waals surface area contributed by atoms with Gasteiger partial charge < -0.3 is 9.67 Å². The van der Waals surface area contributed by atoms with E-state index < -0.39 is 0 Å². The Hall–Kier alpha value is -0.650. The zero-order valence-corrected chi connectivity index (χ0v) is 9.97. The van der Waals surface area contributed by atoms with Crippen molar-refractivity contribution < 1.29 is 5.11 Å². The largest absolute Gasteiger partial charge is 0.390 e. The SMILES string of the molecule is Cn1c(-c2cccs2)nc(Br)c1CO. The molecule has 2 heterocycles. The average Bonchev–Trinajstić information content (AvgIpc) is 2.74. The first-order valence-electron chi connectivity index (χ1n) is 4.10. The first-order chi connectivity index (χ1) is 6.74. The molecule has 0 aliphatic carbocycles. The van der Waals surface area contributed by atoms with Crippen LogP contribution in [-0.4, -0.2) is 14.7 Å². The van der Waals surface area contributed by atoms with Crippen molar-refractivity contribution in [2.24, 2.45) is 7.05 Å². The van der Waals surface area contributed by atoms with E-state index in [9.17, 15) is 0 Å². The lowest BCUT2D eigenvalue weighted by Crippen LogP contribution is -1.97. The van der Waals surface area contributed by atoms with Gasteiger partial charge in [-0.2, -0.15) is 0 Å². The molecular weight excluding hydrogens is 264 g/mol. The summed E-state index contributed by atoms with van der Waals surface area (Å²) in [5, 5.41) is 11.1. The molecule has 0 aliphatic rings. The van der Waals surface area contributed by atoms with Crippen LogP contribution >= 0.6 is 27.3 Å². The van der Waals surface area contributed by atoms with Crippen LogP contribution in [-0.2, 0) is 13.7 Å². The molecule has 0 bridgehead atoms. The van der Waals surface area contributed by atoms with Crippen molar-refractivity contribution in [1.29, 1.82) is 0 Å². The highest BCUT2D eigenvalue weighted by molar-refractivity contribution is 9.10. The maximum Gasteiger partial charge on any atom is 0.151 e. The van der Waals surface area contributed by atoms with Crippen LogP contribution in [0.5, 0.6) is 0 Å².